The first-order chi connectivity index (χ1) is 12.5. The van der Waals surface area contributed by atoms with Crippen molar-refractivity contribution in [3.63, 3.8) is 0 Å². The van der Waals surface area contributed by atoms with Crippen LogP contribution in [-0.4, -0.2) is 57.5 Å². The predicted octanol–water partition coefficient (Wildman–Crippen LogP) is 4.92. The molecule has 0 saturated carbocycles. The minimum absolute atomic E-state index is 0.895. The number of halogens is 13. The highest BCUT2D eigenvalue weighted by molar-refractivity contribution is 6.43. The van der Waals surface area contributed by atoms with Gasteiger partial charge in [-0.05, 0) is 11.4 Å². The van der Waals surface area contributed by atoms with Crippen LogP contribution in [0.25, 0.3) is 0 Å². The Labute approximate surface area is 149 Å². The molecule has 15 heteroatoms. The lowest BCUT2D eigenvalue weighted by Crippen LogP contribution is -2.68. The molecule has 162 valence electrons. The highest BCUT2D eigenvalue weighted by Gasteiger charge is 2.85. The Morgan fingerprint density at radius 2 is 1.07 bits per heavy atom. The van der Waals surface area contributed by atoms with Crippen molar-refractivity contribution >= 4 is 8.64 Å². The van der Waals surface area contributed by atoms with Crippen LogP contribution in [0.4, 0.5) is 57.1 Å². The van der Waals surface area contributed by atoms with Crippen molar-refractivity contribution in [2.75, 3.05) is 0 Å². The van der Waals surface area contributed by atoms with Crippen molar-refractivity contribution in [1.29, 1.82) is 0 Å². The second kappa shape index (κ2) is 8.06. The van der Waals surface area contributed by atoms with Gasteiger partial charge >= 0.3 is 23.7 Å². The van der Waals surface area contributed by atoms with Crippen molar-refractivity contribution in [3.05, 3.63) is 29.6 Å². The molecule has 1 rings (SSSR count). The molecule has 0 N–H and O–H groups in total. The summed E-state index contributed by atoms with van der Waals surface area (Å²) in [5, 5.41) is 0. The summed E-state index contributed by atoms with van der Waals surface area (Å²) in [7, 11) is -2.86. The second-order valence-electron chi connectivity index (χ2n) is 5.32. The number of alkyl halides is 13. The highest BCUT2D eigenvalue weighted by Crippen LogP contribution is 2.56. The first-order valence-electron chi connectivity index (χ1n) is 6.95. The molecular formula is C13H9F13OSi. The van der Waals surface area contributed by atoms with E-state index in [9.17, 15) is 57.1 Å². The smallest absolute Gasteiger partial charge is 0.385 e. The molecule has 0 fully saturated rings. The zero-order valence-electron chi connectivity index (χ0n) is 13.0. The van der Waals surface area contributed by atoms with Gasteiger partial charge in [0.1, 0.15) is 0 Å². The molecule has 0 aliphatic heterocycles. The molecule has 1 aromatic rings. The maximum atomic E-state index is 13.5. The third kappa shape index (κ3) is 4.08. The van der Waals surface area contributed by atoms with Crippen LogP contribution in [0.5, 0.6) is 0 Å². The van der Waals surface area contributed by atoms with E-state index in [2.05, 4.69) is 4.43 Å². The summed E-state index contributed by atoms with van der Waals surface area (Å²) in [6.07, 6.45) is -19.2. The van der Waals surface area contributed by atoms with E-state index in [1.165, 1.54) is 6.07 Å². The summed E-state index contributed by atoms with van der Waals surface area (Å²) in [5.41, 5.74) is 1.79. The maximum Gasteiger partial charge on any atom is 0.385 e. The van der Waals surface area contributed by atoms with E-state index < -0.39 is 57.5 Å². The lowest BCUT2D eigenvalue weighted by molar-refractivity contribution is -0.395. The van der Waals surface area contributed by atoms with Gasteiger partial charge in [-0.15, -0.1) is 0 Å². The predicted molar refractivity (Wildman–Crippen MR) is 69.5 cm³/mol. The van der Waals surface area contributed by atoms with Crippen LogP contribution in [-0.2, 0) is 0 Å². The van der Waals surface area contributed by atoms with Crippen molar-refractivity contribution in [1.82, 2.24) is 0 Å². The lowest BCUT2D eigenvalue weighted by atomic mass is 9.94. The minimum Gasteiger partial charge on any atom is -0.515 e. The molecular weight excluding hydrogens is 447 g/mol. The summed E-state index contributed by atoms with van der Waals surface area (Å²) in [6, 6.07) is 3.46. The molecule has 0 aliphatic carbocycles. The van der Waals surface area contributed by atoms with E-state index in [4.69, 9.17) is 0 Å². The van der Waals surface area contributed by atoms with Crippen LogP contribution in [0.3, 0.4) is 0 Å². The van der Waals surface area contributed by atoms with Crippen molar-refractivity contribution in [3.8, 4) is 0 Å². The van der Waals surface area contributed by atoms with Gasteiger partial charge in [0, 0.05) is 0 Å². The monoisotopic (exact) mass is 456 g/mol. The molecule has 0 amide bonds. The van der Waals surface area contributed by atoms with Crippen LogP contribution in [0, 0.1) is 0 Å². The highest BCUT2D eigenvalue weighted by atomic mass is 28.3. The third-order valence-electron chi connectivity index (χ3n) is 3.37. The number of hydrogen-bond donors (Lipinski definition) is 0. The zero-order chi connectivity index (χ0) is 22.1. The van der Waals surface area contributed by atoms with Gasteiger partial charge in [-0.3, -0.25) is 0 Å². The molecule has 1 aromatic heterocycles. The van der Waals surface area contributed by atoms with Gasteiger partial charge in [-0.2, -0.15) is 39.5 Å². The van der Waals surface area contributed by atoms with E-state index in [0.717, 1.165) is 23.5 Å². The number of hydrogen-bond acceptors (Lipinski definition) is 1. The Morgan fingerprint density at radius 3 is 1.50 bits per heavy atom. The van der Waals surface area contributed by atoms with Crippen molar-refractivity contribution in [2.45, 2.75) is 48.8 Å². The summed E-state index contributed by atoms with van der Waals surface area (Å²) < 4.78 is 174. The standard InChI is InChI=1S/C13H9F13OSi/c14-6(8(16)17)7(15)10(19,20)12(23,24)13(25,26)11(21,22)9(18)27-28-4-2-1-3-5-28/h1-9H. The molecule has 0 spiro atoms. The van der Waals surface area contributed by atoms with E-state index in [0.29, 0.717) is 0 Å². The summed E-state index contributed by atoms with van der Waals surface area (Å²) in [5.74, 6) is -28.6. The molecule has 3 atom stereocenters. The van der Waals surface area contributed by atoms with E-state index in [1.54, 1.807) is 0 Å². The van der Waals surface area contributed by atoms with E-state index >= 15 is 0 Å². The summed E-state index contributed by atoms with van der Waals surface area (Å²) >= 11 is 0. The molecule has 0 saturated heterocycles. The van der Waals surface area contributed by atoms with Gasteiger partial charge < -0.3 is 4.43 Å². The van der Waals surface area contributed by atoms with Crippen LogP contribution in [0.2, 0.25) is 0 Å². The molecule has 0 radical (unpaired) electrons. The fraction of sp³-hybridized carbons (Fsp3) is 0.615. The SMILES string of the molecule is FC(F)C(F)C(F)C(F)(F)C(F)(F)C(F)(F)C(F)(F)C(F)O[si]1ccccc1. The Hall–Kier alpha value is -1.54. The normalized spacial score (nSPS) is 17.4. The van der Waals surface area contributed by atoms with Gasteiger partial charge in [0.05, 0.1) is 0 Å². The van der Waals surface area contributed by atoms with Gasteiger partial charge in [0.15, 0.2) is 6.17 Å². The molecule has 1 heterocycles. The second-order valence-corrected chi connectivity index (χ2v) is 7.03. The maximum absolute atomic E-state index is 13.5. The van der Waals surface area contributed by atoms with Crippen LogP contribution in [0.15, 0.2) is 29.6 Å². The third-order valence-corrected chi connectivity index (χ3v) is 4.89. The fourth-order valence-electron chi connectivity index (χ4n) is 1.75. The molecule has 0 bridgehead atoms. The van der Waals surface area contributed by atoms with Crippen LogP contribution in [0.1, 0.15) is 0 Å². The molecule has 3 unspecified atom stereocenters. The quantitative estimate of drug-likeness (QED) is 0.379. The fourth-order valence-corrected chi connectivity index (χ4v) is 3.01. The molecule has 1 nitrogen and oxygen atoms in total. The molecule has 0 aliphatic rings. The van der Waals surface area contributed by atoms with Crippen LogP contribution < -0.4 is 4.43 Å². The van der Waals surface area contributed by atoms with Crippen molar-refractivity contribution in [2.24, 2.45) is 0 Å². The first-order valence-corrected chi connectivity index (χ1v) is 8.51. The lowest BCUT2D eigenvalue weighted by Gasteiger charge is -2.38. The number of rotatable bonds is 9. The van der Waals surface area contributed by atoms with Crippen molar-refractivity contribution < 1.29 is 61.5 Å². The van der Waals surface area contributed by atoms with E-state index in [1.807, 2.05) is 0 Å². The van der Waals surface area contributed by atoms with Gasteiger partial charge in [-0.1, -0.05) is 18.2 Å². The van der Waals surface area contributed by atoms with E-state index in [-0.39, 0.29) is 0 Å². The van der Waals surface area contributed by atoms with Gasteiger partial charge in [0.2, 0.25) is 6.17 Å². The summed E-state index contributed by atoms with van der Waals surface area (Å²) in [4.78, 5) is 0. The van der Waals surface area contributed by atoms with Gasteiger partial charge in [0.25, 0.3) is 21.4 Å². The summed E-state index contributed by atoms with van der Waals surface area (Å²) in [6.45, 7) is 0. The van der Waals surface area contributed by atoms with Gasteiger partial charge in [-0.25, -0.2) is 17.6 Å². The topological polar surface area (TPSA) is 9.23 Å². The molecule has 0 aromatic carbocycles. The molecule has 28 heavy (non-hydrogen) atoms. The average molecular weight is 456 g/mol. The van der Waals surface area contributed by atoms with Crippen LogP contribution >= 0.6 is 0 Å². The Balaban J connectivity index is 3.24. The largest absolute Gasteiger partial charge is 0.515 e. The first kappa shape index (κ1) is 24.5. The minimum atomic E-state index is -7.47. The average Bonchev–Trinajstić information content (AvgIpc) is 2.60. The Morgan fingerprint density at radius 1 is 0.643 bits per heavy atom. The Kier molecular flexibility index (Phi) is 7.05. The zero-order valence-corrected chi connectivity index (χ0v) is 14.0. The Bertz CT molecular complexity index is 639.